The predicted molar refractivity (Wildman–Crippen MR) is 85.1 cm³/mol. The maximum absolute atomic E-state index is 10.9. The third-order valence-corrected chi connectivity index (χ3v) is 8.61. The van der Waals surface area contributed by atoms with Crippen molar-refractivity contribution in [3.63, 3.8) is 0 Å². The van der Waals surface area contributed by atoms with Gasteiger partial charge in [0.15, 0.2) is 0 Å². The molecule has 4 aliphatic carbocycles. The predicted octanol–water partition coefficient (Wildman–Crippen LogP) is 2.72. The largest absolute Gasteiger partial charge is 0.393 e. The molecule has 0 heterocycles. The van der Waals surface area contributed by atoms with Crippen molar-refractivity contribution in [2.45, 2.75) is 83.5 Å². The molecule has 4 aliphatic rings. The van der Waals surface area contributed by atoms with Gasteiger partial charge in [-0.2, -0.15) is 0 Å². The molecule has 22 heavy (non-hydrogen) atoms. The summed E-state index contributed by atoms with van der Waals surface area (Å²) in [6.45, 7) is 4.69. The van der Waals surface area contributed by atoms with Crippen molar-refractivity contribution in [3.8, 4) is 0 Å². The molecule has 0 saturated heterocycles. The van der Waals surface area contributed by atoms with E-state index in [9.17, 15) is 15.3 Å². The van der Waals surface area contributed by atoms with E-state index in [2.05, 4.69) is 13.8 Å². The maximum atomic E-state index is 10.9. The highest BCUT2D eigenvalue weighted by molar-refractivity contribution is 5.11. The first-order valence-electron chi connectivity index (χ1n) is 9.40. The molecule has 4 unspecified atom stereocenters. The lowest BCUT2D eigenvalue weighted by atomic mass is 9.44. The van der Waals surface area contributed by atoms with Gasteiger partial charge in [0.1, 0.15) is 0 Å². The fraction of sp³-hybridized carbons (Fsp3) is 1.00. The minimum Gasteiger partial charge on any atom is -0.393 e. The van der Waals surface area contributed by atoms with Crippen molar-refractivity contribution < 1.29 is 15.3 Å². The Morgan fingerprint density at radius 2 is 1.45 bits per heavy atom. The summed E-state index contributed by atoms with van der Waals surface area (Å²) >= 11 is 0. The van der Waals surface area contributed by atoms with Gasteiger partial charge in [-0.15, -0.1) is 0 Å². The SMILES string of the molecule is C[C@]12CC[C@H](O)CC1C[C@H](O)C1C2CC[C@@]2(C)C1CC[C@H]2O. The molecule has 9 atom stereocenters. The zero-order valence-corrected chi connectivity index (χ0v) is 14.0. The Balaban J connectivity index is 1.67. The molecule has 0 aliphatic heterocycles. The number of aliphatic hydroxyl groups is 3. The van der Waals surface area contributed by atoms with E-state index in [1.165, 1.54) is 0 Å². The van der Waals surface area contributed by atoms with Crippen molar-refractivity contribution in [2.75, 3.05) is 0 Å². The minimum atomic E-state index is -0.233. The number of aliphatic hydroxyl groups excluding tert-OH is 3. The molecule has 0 aromatic carbocycles. The highest BCUT2D eigenvalue weighted by atomic mass is 16.3. The van der Waals surface area contributed by atoms with Crippen LogP contribution in [-0.4, -0.2) is 33.6 Å². The Morgan fingerprint density at radius 3 is 2.23 bits per heavy atom. The first kappa shape index (κ1) is 15.4. The van der Waals surface area contributed by atoms with Crippen LogP contribution >= 0.6 is 0 Å². The summed E-state index contributed by atoms with van der Waals surface area (Å²) in [5.41, 5.74) is 0.317. The van der Waals surface area contributed by atoms with E-state index < -0.39 is 0 Å². The molecule has 3 N–H and O–H groups in total. The van der Waals surface area contributed by atoms with Gasteiger partial charge in [-0.3, -0.25) is 0 Å². The van der Waals surface area contributed by atoms with Crippen LogP contribution in [0, 0.1) is 34.5 Å². The molecule has 0 amide bonds. The van der Waals surface area contributed by atoms with E-state index in [1.807, 2.05) is 0 Å². The summed E-state index contributed by atoms with van der Waals surface area (Å²) < 4.78 is 0. The number of hydrogen-bond donors (Lipinski definition) is 3. The van der Waals surface area contributed by atoms with Crippen LogP contribution < -0.4 is 0 Å². The summed E-state index contributed by atoms with van der Waals surface area (Å²) in [4.78, 5) is 0. The van der Waals surface area contributed by atoms with Crippen LogP contribution in [0.5, 0.6) is 0 Å². The summed E-state index contributed by atoms with van der Waals surface area (Å²) in [6, 6.07) is 0. The molecule has 4 fully saturated rings. The van der Waals surface area contributed by atoms with Crippen LogP contribution in [0.15, 0.2) is 0 Å². The fourth-order valence-electron chi connectivity index (χ4n) is 7.17. The van der Waals surface area contributed by atoms with Crippen LogP contribution in [0.25, 0.3) is 0 Å². The van der Waals surface area contributed by atoms with Gasteiger partial charge in [0.05, 0.1) is 18.3 Å². The molecular weight excluding hydrogens is 276 g/mol. The average molecular weight is 308 g/mol. The van der Waals surface area contributed by atoms with Gasteiger partial charge in [0.2, 0.25) is 0 Å². The van der Waals surface area contributed by atoms with E-state index >= 15 is 0 Å². The lowest BCUT2D eigenvalue weighted by Crippen LogP contribution is -2.58. The van der Waals surface area contributed by atoms with Gasteiger partial charge < -0.3 is 15.3 Å². The molecule has 0 radical (unpaired) electrons. The molecule has 126 valence electrons. The van der Waals surface area contributed by atoms with Gasteiger partial charge in [-0.25, -0.2) is 0 Å². The molecule has 3 nitrogen and oxygen atoms in total. The van der Waals surface area contributed by atoms with Crippen LogP contribution in [0.2, 0.25) is 0 Å². The third-order valence-electron chi connectivity index (χ3n) is 8.61. The first-order valence-corrected chi connectivity index (χ1v) is 9.40. The molecule has 0 aromatic heterocycles. The Morgan fingerprint density at radius 1 is 0.773 bits per heavy atom. The Hall–Kier alpha value is -0.120. The monoisotopic (exact) mass is 308 g/mol. The summed E-state index contributed by atoms with van der Waals surface area (Å²) in [7, 11) is 0. The standard InChI is InChI=1S/C19H32O3/c1-18-7-5-12(20)9-11(18)10-15(21)17-13-3-4-16(22)19(13,2)8-6-14(17)18/h11-17,20-22H,3-10H2,1-2H3/t11?,12-,13?,14?,15-,16+,17?,18-,19-/m0/s1. The van der Waals surface area contributed by atoms with Crippen LogP contribution in [0.1, 0.15) is 65.2 Å². The van der Waals surface area contributed by atoms with Crippen molar-refractivity contribution >= 4 is 0 Å². The van der Waals surface area contributed by atoms with E-state index in [1.54, 1.807) is 0 Å². The second-order valence-corrected chi connectivity index (χ2v) is 9.36. The van der Waals surface area contributed by atoms with Gasteiger partial charge in [-0.1, -0.05) is 13.8 Å². The normalized spacial score (nSPS) is 61.2. The zero-order chi connectivity index (χ0) is 15.7. The molecule has 4 saturated carbocycles. The van der Waals surface area contributed by atoms with Crippen molar-refractivity contribution in [3.05, 3.63) is 0 Å². The average Bonchev–Trinajstić information content (AvgIpc) is 2.77. The number of fused-ring (bicyclic) bond motifs is 5. The lowest BCUT2D eigenvalue weighted by molar-refractivity contribution is -0.176. The topological polar surface area (TPSA) is 60.7 Å². The van der Waals surface area contributed by atoms with E-state index in [4.69, 9.17) is 0 Å². The molecule has 3 heteroatoms. The molecular formula is C19H32O3. The smallest absolute Gasteiger partial charge is 0.0596 e. The quantitative estimate of drug-likeness (QED) is 0.645. The maximum Gasteiger partial charge on any atom is 0.0596 e. The van der Waals surface area contributed by atoms with Gasteiger partial charge >= 0.3 is 0 Å². The summed E-state index contributed by atoms with van der Waals surface area (Å²) in [5.74, 6) is 1.91. The molecule has 4 rings (SSSR count). The second-order valence-electron chi connectivity index (χ2n) is 9.36. The van der Waals surface area contributed by atoms with Crippen molar-refractivity contribution in [1.82, 2.24) is 0 Å². The molecule has 0 aromatic rings. The van der Waals surface area contributed by atoms with Crippen LogP contribution in [-0.2, 0) is 0 Å². The number of hydrogen-bond acceptors (Lipinski definition) is 3. The first-order chi connectivity index (χ1) is 10.4. The van der Waals surface area contributed by atoms with Crippen molar-refractivity contribution in [2.24, 2.45) is 34.5 Å². The minimum absolute atomic E-state index is 0.0273. The lowest BCUT2D eigenvalue weighted by Gasteiger charge is -2.62. The van der Waals surface area contributed by atoms with Gasteiger partial charge in [0.25, 0.3) is 0 Å². The van der Waals surface area contributed by atoms with Gasteiger partial charge in [-0.05, 0) is 85.9 Å². The second kappa shape index (κ2) is 4.94. The third kappa shape index (κ3) is 1.91. The van der Waals surface area contributed by atoms with Crippen LogP contribution in [0.3, 0.4) is 0 Å². The van der Waals surface area contributed by atoms with E-state index in [0.717, 1.165) is 51.4 Å². The summed E-state index contributed by atoms with van der Waals surface area (Å²) in [5, 5.41) is 31.5. The highest BCUT2D eigenvalue weighted by Gasteiger charge is 2.62. The molecule has 0 bridgehead atoms. The Bertz CT molecular complexity index is 452. The van der Waals surface area contributed by atoms with E-state index in [0.29, 0.717) is 23.7 Å². The van der Waals surface area contributed by atoms with Crippen LogP contribution in [0.4, 0.5) is 0 Å². The van der Waals surface area contributed by atoms with Gasteiger partial charge in [0, 0.05) is 0 Å². The Labute approximate surface area is 134 Å². The highest BCUT2D eigenvalue weighted by Crippen LogP contribution is 2.66. The zero-order valence-electron chi connectivity index (χ0n) is 14.0. The fourth-order valence-corrected chi connectivity index (χ4v) is 7.17. The summed E-state index contributed by atoms with van der Waals surface area (Å²) in [6.07, 6.45) is 7.45. The number of rotatable bonds is 0. The van der Waals surface area contributed by atoms with E-state index in [-0.39, 0.29) is 29.1 Å². The van der Waals surface area contributed by atoms with Crippen molar-refractivity contribution in [1.29, 1.82) is 0 Å². The molecule has 0 spiro atoms. The Kier molecular flexibility index (Phi) is 3.46.